The summed E-state index contributed by atoms with van der Waals surface area (Å²) < 4.78 is 10.2. The molecule has 0 spiro atoms. The second kappa shape index (κ2) is 6.73. The second-order valence-electron chi connectivity index (χ2n) is 7.67. The third kappa shape index (κ3) is 3.54. The van der Waals surface area contributed by atoms with E-state index in [1.165, 1.54) is 0 Å². The molecule has 0 radical (unpaired) electrons. The third-order valence-electron chi connectivity index (χ3n) is 4.34. The summed E-state index contributed by atoms with van der Waals surface area (Å²) in [6, 6.07) is 6.05. The summed E-state index contributed by atoms with van der Waals surface area (Å²) >= 11 is 3.54. The number of aromatic nitrogens is 5. The number of imidazole rings is 1. The van der Waals surface area contributed by atoms with Gasteiger partial charge >= 0.3 is 6.09 Å². The molecule has 0 fully saturated rings. The van der Waals surface area contributed by atoms with Crippen molar-refractivity contribution >= 4 is 22.0 Å². The van der Waals surface area contributed by atoms with Gasteiger partial charge in [0.1, 0.15) is 5.60 Å². The predicted octanol–water partition coefficient (Wildman–Crippen LogP) is 3.59. The minimum Gasteiger partial charge on any atom is -0.444 e. The Morgan fingerprint density at radius 3 is 2.89 bits per heavy atom. The zero-order chi connectivity index (χ0) is 20.1. The zero-order valence-electron chi connectivity index (χ0n) is 16.2. The number of aryl methyl sites for hydroxylation is 1. The van der Waals surface area contributed by atoms with E-state index < -0.39 is 11.7 Å². The van der Waals surface area contributed by atoms with Crippen LogP contribution in [-0.2, 0) is 17.8 Å². The molecule has 0 saturated heterocycles. The van der Waals surface area contributed by atoms with Crippen molar-refractivity contribution < 1.29 is 9.53 Å². The maximum absolute atomic E-state index is 11.9. The molecule has 0 aliphatic carbocycles. The van der Waals surface area contributed by atoms with Crippen LogP contribution < -0.4 is 5.32 Å². The molecule has 1 aliphatic heterocycles. The summed E-state index contributed by atoms with van der Waals surface area (Å²) in [5.41, 5.74) is 3.40. The fraction of sp³-hybridized carbons (Fsp3) is 0.368. The SMILES string of the molecule is Cc1ncn2c1Cn1nc(CNC(=O)OC(C)(C)C)nc1-c1cc(Br)ccc1-2. The topological polar surface area (TPSA) is 86.9 Å². The molecule has 1 aliphatic rings. The summed E-state index contributed by atoms with van der Waals surface area (Å²) in [6.45, 7) is 8.19. The quantitative estimate of drug-likeness (QED) is 0.510. The highest BCUT2D eigenvalue weighted by atomic mass is 79.9. The highest BCUT2D eigenvalue weighted by Crippen LogP contribution is 2.33. The van der Waals surface area contributed by atoms with Crippen molar-refractivity contribution in [1.29, 1.82) is 0 Å². The lowest BCUT2D eigenvalue weighted by atomic mass is 10.1. The number of carbonyl (C=O) groups excluding carboxylic acids is 1. The molecule has 0 unspecified atom stereocenters. The minimum absolute atomic E-state index is 0.191. The van der Waals surface area contributed by atoms with Crippen LogP contribution >= 0.6 is 15.9 Å². The number of alkyl carbamates (subject to hydrolysis) is 1. The first-order valence-electron chi connectivity index (χ1n) is 8.95. The van der Waals surface area contributed by atoms with E-state index in [1.807, 2.05) is 56.9 Å². The van der Waals surface area contributed by atoms with Crippen molar-refractivity contribution in [2.45, 2.75) is 46.4 Å². The standard InChI is InChI=1S/C19H21BrN6O2/c1-11-15-9-26-17(13-7-12(20)5-6-14(13)25(15)10-22-11)23-16(24-26)8-21-18(27)28-19(2,3)4/h5-7,10H,8-9H2,1-4H3,(H,21,27). The number of benzene rings is 1. The third-order valence-corrected chi connectivity index (χ3v) is 4.83. The van der Waals surface area contributed by atoms with Crippen LogP contribution in [0, 0.1) is 6.92 Å². The van der Waals surface area contributed by atoms with E-state index in [9.17, 15) is 4.79 Å². The number of nitrogens with one attached hydrogen (secondary N) is 1. The van der Waals surface area contributed by atoms with E-state index in [-0.39, 0.29) is 6.54 Å². The van der Waals surface area contributed by atoms with Crippen LogP contribution in [0.25, 0.3) is 17.1 Å². The molecule has 4 rings (SSSR count). The van der Waals surface area contributed by atoms with Gasteiger partial charge in [-0.2, -0.15) is 5.10 Å². The largest absolute Gasteiger partial charge is 0.444 e. The molecule has 9 heteroatoms. The second-order valence-corrected chi connectivity index (χ2v) is 8.59. The summed E-state index contributed by atoms with van der Waals surface area (Å²) in [6.07, 6.45) is 1.34. The molecular weight excluding hydrogens is 424 g/mol. The van der Waals surface area contributed by atoms with E-state index in [1.54, 1.807) is 0 Å². The fourth-order valence-electron chi connectivity index (χ4n) is 3.14. The number of halogens is 1. The lowest BCUT2D eigenvalue weighted by Crippen LogP contribution is -2.32. The molecule has 0 bridgehead atoms. The van der Waals surface area contributed by atoms with Gasteiger partial charge in [0.2, 0.25) is 0 Å². The van der Waals surface area contributed by atoms with Gasteiger partial charge in [0.25, 0.3) is 0 Å². The predicted molar refractivity (Wildman–Crippen MR) is 107 cm³/mol. The Hall–Kier alpha value is -2.68. The maximum atomic E-state index is 11.9. The van der Waals surface area contributed by atoms with E-state index in [0.29, 0.717) is 12.4 Å². The van der Waals surface area contributed by atoms with Crippen LogP contribution in [0.2, 0.25) is 0 Å². The van der Waals surface area contributed by atoms with Crippen LogP contribution in [0.1, 0.15) is 38.0 Å². The van der Waals surface area contributed by atoms with Gasteiger partial charge in [0.05, 0.1) is 36.5 Å². The van der Waals surface area contributed by atoms with E-state index >= 15 is 0 Å². The van der Waals surface area contributed by atoms with Gasteiger partial charge in [-0.05, 0) is 45.9 Å². The number of ether oxygens (including phenoxy) is 1. The molecule has 1 amide bonds. The average Bonchev–Trinajstić information content (AvgIpc) is 3.13. The zero-order valence-corrected chi connectivity index (χ0v) is 17.7. The Kier molecular flexibility index (Phi) is 4.49. The number of hydrogen-bond acceptors (Lipinski definition) is 5. The van der Waals surface area contributed by atoms with E-state index in [4.69, 9.17) is 4.74 Å². The Balaban J connectivity index is 1.68. The molecular formula is C19H21BrN6O2. The highest BCUT2D eigenvalue weighted by Gasteiger charge is 2.24. The first-order chi connectivity index (χ1) is 13.2. The lowest BCUT2D eigenvalue weighted by molar-refractivity contribution is 0.0522. The van der Waals surface area contributed by atoms with Crippen LogP contribution in [-0.4, -0.2) is 36.0 Å². The first-order valence-corrected chi connectivity index (χ1v) is 9.74. The number of rotatable bonds is 2. The van der Waals surface area contributed by atoms with Crippen molar-refractivity contribution in [3.63, 3.8) is 0 Å². The van der Waals surface area contributed by atoms with Crippen molar-refractivity contribution in [3.8, 4) is 17.1 Å². The number of amides is 1. The molecule has 1 aromatic carbocycles. The van der Waals surface area contributed by atoms with Gasteiger partial charge in [0, 0.05) is 10.0 Å². The number of hydrogen-bond donors (Lipinski definition) is 1. The molecule has 3 aromatic rings. The Bertz CT molecular complexity index is 1060. The molecule has 0 saturated carbocycles. The lowest BCUT2D eigenvalue weighted by Gasteiger charge is -2.19. The average molecular weight is 445 g/mol. The Morgan fingerprint density at radius 1 is 1.36 bits per heavy atom. The Labute approximate surface area is 171 Å². The van der Waals surface area contributed by atoms with Gasteiger partial charge in [-0.25, -0.2) is 19.4 Å². The molecule has 28 heavy (non-hydrogen) atoms. The van der Waals surface area contributed by atoms with Crippen molar-refractivity contribution in [2.24, 2.45) is 0 Å². The molecule has 3 heterocycles. The summed E-state index contributed by atoms with van der Waals surface area (Å²) in [7, 11) is 0. The molecule has 8 nitrogen and oxygen atoms in total. The maximum Gasteiger partial charge on any atom is 0.408 e. The van der Waals surface area contributed by atoms with Gasteiger partial charge in [-0.1, -0.05) is 15.9 Å². The van der Waals surface area contributed by atoms with Crippen LogP contribution in [0.3, 0.4) is 0 Å². The molecule has 146 valence electrons. The van der Waals surface area contributed by atoms with E-state index in [2.05, 4.69) is 40.9 Å². The first kappa shape index (κ1) is 18.7. The Morgan fingerprint density at radius 2 is 2.14 bits per heavy atom. The van der Waals surface area contributed by atoms with Crippen molar-refractivity contribution in [1.82, 2.24) is 29.6 Å². The van der Waals surface area contributed by atoms with Gasteiger partial charge in [-0.3, -0.25) is 0 Å². The van der Waals surface area contributed by atoms with Crippen LogP contribution in [0.5, 0.6) is 0 Å². The van der Waals surface area contributed by atoms with Crippen molar-refractivity contribution in [3.05, 3.63) is 46.2 Å². The number of fused-ring (bicyclic) bond motifs is 5. The van der Waals surface area contributed by atoms with Crippen LogP contribution in [0.4, 0.5) is 4.79 Å². The van der Waals surface area contributed by atoms with Gasteiger partial charge in [0.15, 0.2) is 11.6 Å². The van der Waals surface area contributed by atoms with Crippen LogP contribution in [0.15, 0.2) is 29.0 Å². The van der Waals surface area contributed by atoms with Gasteiger partial charge < -0.3 is 14.6 Å². The summed E-state index contributed by atoms with van der Waals surface area (Å²) in [4.78, 5) is 21.1. The summed E-state index contributed by atoms with van der Waals surface area (Å²) in [5, 5.41) is 7.32. The molecule has 2 aromatic heterocycles. The number of nitrogens with zero attached hydrogens (tertiary/aromatic N) is 5. The molecule has 0 atom stereocenters. The highest BCUT2D eigenvalue weighted by molar-refractivity contribution is 9.10. The smallest absolute Gasteiger partial charge is 0.408 e. The van der Waals surface area contributed by atoms with E-state index in [0.717, 1.165) is 32.9 Å². The van der Waals surface area contributed by atoms with Crippen molar-refractivity contribution in [2.75, 3.05) is 0 Å². The normalized spacial score (nSPS) is 12.6. The monoisotopic (exact) mass is 444 g/mol. The molecule has 1 N–H and O–H groups in total. The summed E-state index contributed by atoms with van der Waals surface area (Å²) in [5.74, 6) is 1.28. The van der Waals surface area contributed by atoms with Gasteiger partial charge in [-0.15, -0.1) is 0 Å². The minimum atomic E-state index is -0.552. The fourth-order valence-corrected chi connectivity index (χ4v) is 3.50. The number of carbonyl (C=O) groups is 1.